The number of aryl methyl sites for hydroxylation is 2. The van der Waals surface area contributed by atoms with Crippen molar-refractivity contribution in [2.75, 3.05) is 0 Å². The summed E-state index contributed by atoms with van der Waals surface area (Å²) in [6.07, 6.45) is 3.70. The quantitative estimate of drug-likeness (QED) is 0.638. The van der Waals surface area contributed by atoms with E-state index in [4.69, 9.17) is 0 Å². The van der Waals surface area contributed by atoms with Gasteiger partial charge in [0.05, 0.1) is 0 Å². The van der Waals surface area contributed by atoms with Crippen LogP contribution in [0.25, 0.3) is 22.2 Å². The van der Waals surface area contributed by atoms with E-state index in [0.29, 0.717) is 0 Å². The second-order valence-corrected chi connectivity index (χ2v) is 4.65. The Kier molecular flexibility index (Phi) is 2.56. The molecular formula is C16H14N2. The van der Waals surface area contributed by atoms with E-state index < -0.39 is 0 Å². The fourth-order valence-corrected chi connectivity index (χ4v) is 2.05. The molecule has 0 bridgehead atoms. The maximum Gasteiger partial charge on any atom is 0.159 e. The monoisotopic (exact) mass is 234 g/mol. The molecule has 0 saturated carbocycles. The summed E-state index contributed by atoms with van der Waals surface area (Å²) in [5.41, 5.74) is 3.42. The lowest BCUT2D eigenvalue weighted by Crippen LogP contribution is -1.89. The highest BCUT2D eigenvalue weighted by molar-refractivity contribution is 5.86. The molecule has 2 nitrogen and oxygen atoms in total. The van der Waals surface area contributed by atoms with Crippen LogP contribution in [0.4, 0.5) is 0 Å². The average molecular weight is 234 g/mol. The van der Waals surface area contributed by atoms with Crippen LogP contribution in [0, 0.1) is 13.8 Å². The molecule has 0 atom stereocenters. The summed E-state index contributed by atoms with van der Waals surface area (Å²) in [5.74, 6) is 0.781. The van der Waals surface area contributed by atoms with Gasteiger partial charge in [0.15, 0.2) is 5.82 Å². The standard InChI is InChI=1S/C16H14N2/c1-11-3-4-14-8-15(6-5-13(14)7-11)16-17-9-12(2)10-18-16/h3-10H,1-2H3. The summed E-state index contributed by atoms with van der Waals surface area (Å²) < 4.78 is 0. The number of hydrogen-bond acceptors (Lipinski definition) is 2. The Labute approximate surface area is 106 Å². The molecule has 0 aliphatic rings. The Hall–Kier alpha value is -2.22. The van der Waals surface area contributed by atoms with Crippen molar-refractivity contribution in [2.45, 2.75) is 13.8 Å². The Balaban J connectivity index is 2.13. The molecule has 0 aliphatic carbocycles. The first-order chi connectivity index (χ1) is 8.72. The van der Waals surface area contributed by atoms with Crippen molar-refractivity contribution in [3.8, 4) is 11.4 Å². The molecule has 2 aromatic carbocycles. The third-order valence-electron chi connectivity index (χ3n) is 3.03. The maximum atomic E-state index is 4.36. The number of rotatable bonds is 1. The number of benzene rings is 2. The van der Waals surface area contributed by atoms with Crippen LogP contribution in [0.1, 0.15) is 11.1 Å². The first kappa shape index (κ1) is 10.9. The van der Waals surface area contributed by atoms with Gasteiger partial charge in [0, 0.05) is 18.0 Å². The zero-order chi connectivity index (χ0) is 12.5. The second-order valence-electron chi connectivity index (χ2n) is 4.65. The van der Waals surface area contributed by atoms with Gasteiger partial charge in [-0.3, -0.25) is 0 Å². The Morgan fingerprint density at radius 2 is 1.39 bits per heavy atom. The lowest BCUT2D eigenvalue weighted by Gasteiger charge is -2.04. The molecular weight excluding hydrogens is 220 g/mol. The molecule has 0 unspecified atom stereocenters. The molecule has 18 heavy (non-hydrogen) atoms. The smallest absolute Gasteiger partial charge is 0.159 e. The minimum absolute atomic E-state index is 0.781. The van der Waals surface area contributed by atoms with E-state index in [-0.39, 0.29) is 0 Å². The van der Waals surface area contributed by atoms with Crippen LogP contribution in [0.15, 0.2) is 48.8 Å². The van der Waals surface area contributed by atoms with E-state index in [1.807, 2.05) is 19.3 Å². The molecule has 1 aromatic heterocycles. The second kappa shape index (κ2) is 4.22. The largest absolute Gasteiger partial charge is 0.236 e. The van der Waals surface area contributed by atoms with E-state index in [1.54, 1.807) is 0 Å². The van der Waals surface area contributed by atoms with Crippen molar-refractivity contribution in [1.82, 2.24) is 9.97 Å². The van der Waals surface area contributed by atoms with Crippen LogP contribution in [0.2, 0.25) is 0 Å². The molecule has 0 amide bonds. The van der Waals surface area contributed by atoms with Crippen LogP contribution in [0.5, 0.6) is 0 Å². The van der Waals surface area contributed by atoms with Crippen LogP contribution >= 0.6 is 0 Å². The predicted molar refractivity (Wildman–Crippen MR) is 74.4 cm³/mol. The van der Waals surface area contributed by atoms with Gasteiger partial charge in [0.2, 0.25) is 0 Å². The molecule has 0 aliphatic heterocycles. The highest BCUT2D eigenvalue weighted by Gasteiger charge is 2.02. The number of nitrogens with zero attached hydrogens (tertiary/aromatic N) is 2. The molecule has 0 spiro atoms. The van der Waals surface area contributed by atoms with Gasteiger partial charge in [-0.05, 0) is 36.2 Å². The first-order valence-corrected chi connectivity index (χ1v) is 6.02. The normalized spacial score (nSPS) is 10.8. The fourth-order valence-electron chi connectivity index (χ4n) is 2.05. The number of aromatic nitrogens is 2. The van der Waals surface area contributed by atoms with Crippen LogP contribution in [-0.4, -0.2) is 9.97 Å². The van der Waals surface area contributed by atoms with Gasteiger partial charge in [-0.25, -0.2) is 9.97 Å². The van der Waals surface area contributed by atoms with Gasteiger partial charge in [0.25, 0.3) is 0 Å². The Bertz CT molecular complexity index is 700. The third-order valence-corrected chi connectivity index (χ3v) is 3.03. The molecule has 0 saturated heterocycles. The minimum atomic E-state index is 0.781. The van der Waals surface area contributed by atoms with E-state index >= 15 is 0 Å². The zero-order valence-electron chi connectivity index (χ0n) is 10.5. The molecule has 3 aromatic rings. The SMILES string of the molecule is Cc1cnc(-c2ccc3cc(C)ccc3c2)nc1. The van der Waals surface area contributed by atoms with E-state index in [0.717, 1.165) is 17.0 Å². The molecule has 3 rings (SSSR count). The van der Waals surface area contributed by atoms with E-state index in [9.17, 15) is 0 Å². The summed E-state index contributed by atoms with van der Waals surface area (Å²) in [5, 5.41) is 2.48. The fraction of sp³-hybridized carbons (Fsp3) is 0.125. The van der Waals surface area contributed by atoms with Crippen LogP contribution in [0.3, 0.4) is 0 Å². The van der Waals surface area contributed by atoms with Gasteiger partial charge in [-0.15, -0.1) is 0 Å². The van der Waals surface area contributed by atoms with Gasteiger partial charge >= 0.3 is 0 Å². The summed E-state index contributed by atoms with van der Waals surface area (Å²) in [6, 6.07) is 12.8. The van der Waals surface area contributed by atoms with Crippen molar-refractivity contribution in [2.24, 2.45) is 0 Å². The highest BCUT2D eigenvalue weighted by Crippen LogP contribution is 2.22. The average Bonchev–Trinajstić information content (AvgIpc) is 2.39. The maximum absolute atomic E-state index is 4.36. The van der Waals surface area contributed by atoms with Crippen LogP contribution in [-0.2, 0) is 0 Å². The molecule has 88 valence electrons. The van der Waals surface area contributed by atoms with Crippen molar-refractivity contribution in [3.05, 3.63) is 59.9 Å². The molecule has 0 radical (unpaired) electrons. The van der Waals surface area contributed by atoms with Crippen molar-refractivity contribution < 1.29 is 0 Å². The first-order valence-electron chi connectivity index (χ1n) is 6.02. The lowest BCUT2D eigenvalue weighted by atomic mass is 10.0. The Morgan fingerprint density at radius 3 is 2.17 bits per heavy atom. The highest BCUT2D eigenvalue weighted by atomic mass is 14.9. The van der Waals surface area contributed by atoms with Crippen LogP contribution < -0.4 is 0 Å². The number of hydrogen-bond donors (Lipinski definition) is 0. The molecule has 0 N–H and O–H groups in total. The molecule has 2 heteroatoms. The molecule has 0 fully saturated rings. The van der Waals surface area contributed by atoms with Gasteiger partial charge < -0.3 is 0 Å². The van der Waals surface area contributed by atoms with Crippen molar-refractivity contribution in [1.29, 1.82) is 0 Å². The summed E-state index contributed by atoms with van der Waals surface area (Å²) in [6.45, 7) is 4.10. The minimum Gasteiger partial charge on any atom is -0.236 e. The predicted octanol–water partition coefficient (Wildman–Crippen LogP) is 3.91. The van der Waals surface area contributed by atoms with E-state index in [1.165, 1.54) is 16.3 Å². The lowest BCUT2D eigenvalue weighted by molar-refractivity contribution is 1.14. The van der Waals surface area contributed by atoms with Gasteiger partial charge in [-0.1, -0.05) is 35.9 Å². The van der Waals surface area contributed by atoms with Crippen molar-refractivity contribution >= 4 is 10.8 Å². The zero-order valence-corrected chi connectivity index (χ0v) is 10.5. The molecule has 1 heterocycles. The topological polar surface area (TPSA) is 25.8 Å². The number of fused-ring (bicyclic) bond motifs is 1. The van der Waals surface area contributed by atoms with Gasteiger partial charge in [-0.2, -0.15) is 0 Å². The summed E-state index contributed by atoms with van der Waals surface area (Å²) >= 11 is 0. The van der Waals surface area contributed by atoms with Crippen molar-refractivity contribution in [3.63, 3.8) is 0 Å². The Morgan fingerprint density at radius 1 is 0.722 bits per heavy atom. The summed E-state index contributed by atoms with van der Waals surface area (Å²) in [4.78, 5) is 8.72. The summed E-state index contributed by atoms with van der Waals surface area (Å²) in [7, 11) is 0. The van der Waals surface area contributed by atoms with E-state index in [2.05, 4.69) is 53.3 Å². The van der Waals surface area contributed by atoms with Gasteiger partial charge in [0.1, 0.15) is 0 Å². The third kappa shape index (κ3) is 1.97.